The van der Waals surface area contributed by atoms with Crippen LogP contribution >= 0.6 is 0 Å². The molecule has 0 radical (unpaired) electrons. The van der Waals surface area contributed by atoms with Crippen LogP contribution < -0.4 is 10.6 Å². The highest BCUT2D eigenvalue weighted by molar-refractivity contribution is 5.80. The largest absolute Gasteiger partial charge is 0.381 e. The molecule has 5 heteroatoms. The number of carbonyl (C=O) groups excluding carboxylic acids is 1. The number of amides is 1. The third-order valence-electron chi connectivity index (χ3n) is 4.20. The van der Waals surface area contributed by atoms with Gasteiger partial charge in [0.1, 0.15) is 6.26 Å². The average Bonchev–Trinajstić information content (AvgIpc) is 3.13. The van der Waals surface area contributed by atoms with Gasteiger partial charge >= 0.3 is 0 Å². The summed E-state index contributed by atoms with van der Waals surface area (Å²) in [7, 11) is 0. The van der Waals surface area contributed by atoms with E-state index in [1.54, 1.807) is 6.26 Å². The van der Waals surface area contributed by atoms with Crippen LogP contribution in [0.5, 0.6) is 0 Å². The molecule has 0 aliphatic carbocycles. The summed E-state index contributed by atoms with van der Waals surface area (Å²) in [5, 5.41) is 10.5. The molecule has 1 amide bonds. The highest BCUT2D eigenvalue weighted by Gasteiger charge is 2.25. The average molecular weight is 313 g/mol. The van der Waals surface area contributed by atoms with E-state index in [0.717, 1.165) is 16.9 Å². The number of carbonyl (C=O) groups is 1. The predicted octanol–water partition coefficient (Wildman–Crippen LogP) is 3.19. The molecule has 2 heterocycles. The quantitative estimate of drug-likeness (QED) is 0.909. The standard InChI is InChI=1S/C18H23N3O2/c1-18(2,3)17-13(11-23-21-17)10-19-15-7-5-4-6-14(15)12-8-16(22)20-9-12/h4-7,11-12,19H,8-10H2,1-3H3,(H,20,22). The minimum absolute atomic E-state index is 0.0503. The van der Waals surface area contributed by atoms with E-state index in [4.69, 9.17) is 4.52 Å². The van der Waals surface area contributed by atoms with Crippen molar-refractivity contribution in [3.8, 4) is 0 Å². The van der Waals surface area contributed by atoms with Crippen molar-refractivity contribution >= 4 is 11.6 Å². The van der Waals surface area contributed by atoms with E-state index in [2.05, 4.69) is 48.7 Å². The molecule has 2 aromatic rings. The molecule has 1 unspecified atom stereocenters. The summed E-state index contributed by atoms with van der Waals surface area (Å²) in [5.74, 6) is 0.356. The Labute approximate surface area is 136 Å². The SMILES string of the molecule is CC(C)(C)c1nocc1CNc1ccccc1C1CNC(=O)C1. The second-order valence-corrected chi connectivity index (χ2v) is 7.08. The first-order valence-corrected chi connectivity index (χ1v) is 7.98. The second kappa shape index (κ2) is 6.07. The maximum Gasteiger partial charge on any atom is 0.220 e. The van der Waals surface area contributed by atoms with E-state index in [9.17, 15) is 4.79 Å². The van der Waals surface area contributed by atoms with E-state index < -0.39 is 0 Å². The molecule has 5 nitrogen and oxygen atoms in total. The molecular weight excluding hydrogens is 290 g/mol. The zero-order valence-corrected chi connectivity index (χ0v) is 13.8. The first kappa shape index (κ1) is 15.6. The fourth-order valence-electron chi connectivity index (χ4n) is 3.03. The Kier molecular flexibility index (Phi) is 4.11. The third kappa shape index (κ3) is 3.38. The summed E-state index contributed by atoms with van der Waals surface area (Å²) < 4.78 is 5.16. The van der Waals surface area contributed by atoms with E-state index in [1.165, 1.54) is 5.56 Å². The molecule has 1 aromatic heterocycles. The molecule has 1 aliphatic heterocycles. The number of aromatic nitrogens is 1. The van der Waals surface area contributed by atoms with Gasteiger partial charge in [-0.1, -0.05) is 44.1 Å². The van der Waals surface area contributed by atoms with Gasteiger partial charge in [-0.3, -0.25) is 4.79 Å². The predicted molar refractivity (Wildman–Crippen MR) is 89.3 cm³/mol. The van der Waals surface area contributed by atoms with Crippen molar-refractivity contribution in [3.05, 3.63) is 47.3 Å². The smallest absolute Gasteiger partial charge is 0.220 e. The Morgan fingerprint density at radius 2 is 2.13 bits per heavy atom. The van der Waals surface area contributed by atoms with Gasteiger partial charge in [0.15, 0.2) is 0 Å². The molecule has 0 saturated carbocycles. The van der Waals surface area contributed by atoms with Crippen LogP contribution in [0.15, 0.2) is 35.1 Å². The molecule has 1 aromatic carbocycles. The maximum atomic E-state index is 11.5. The Hall–Kier alpha value is -2.30. The molecule has 2 N–H and O–H groups in total. The van der Waals surface area contributed by atoms with Gasteiger partial charge in [-0.2, -0.15) is 0 Å². The van der Waals surface area contributed by atoms with Gasteiger partial charge in [0.25, 0.3) is 0 Å². The lowest BCUT2D eigenvalue weighted by molar-refractivity contribution is -0.119. The van der Waals surface area contributed by atoms with Gasteiger partial charge in [-0.15, -0.1) is 0 Å². The summed E-state index contributed by atoms with van der Waals surface area (Å²) in [6, 6.07) is 8.17. The van der Waals surface area contributed by atoms with Crippen LogP contribution in [0.3, 0.4) is 0 Å². The number of nitrogens with zero attached hydrogens (tertiary/aromatic N) is 1. The van der Waals surface area contributed by atoms with Gasteiger partial charge in [-0.25, -0.2) is 0 Å². The highest BCUT2D eigenvalue weighted by Crippen LogP contribution is 2.30. The van der Waals surface area contributed by atoms with Crippen molar-refractivity contribution in [3.63, 3.8) is 0 Å². The van der Waals surface area contributed by atoms with Gasteiger partial charge in [0.2, 0.25) is 5.91 Å². The summed E-state index contributed by atoms with van der Waals surface area (Å²) >= 11 is 0. The molecule has 0 spiro atoms. The van der Waals surface area contributed by atoms with Crippen LogP contribution in [0.25, 0.3) is 0 Å². The van der Waals surface area contributed by atoms with Crippen molar-refractivity contribution in [2.75, 3.05) is 11.9 Å². The van der Waals surface area contributed by atoms with Crippen molar-refractivity contribution in [1.82, 2.24) is 10.5 Å². The highest BCUT2D eigenvalue weighted by atomic mass is 16.5. The van der Waals surface area contributed by atoms with Crippen LogP contribution in [0.2, 0.25) is 0 Å². The Balaban J connectivity index is 1.77. The summed E-state index contributed by atoms with van der Waals surface area (Å²) in [4.78, 5) is 11.5. The molecule has 23 heavy (non-hydrogen) atoms. The fraction of sp³-hybridized carbons (Fsp3) is 0.444. The number of hydrogen-bond donors (Lipinski definition) is 2. The Bertz CT molecular complexity index is 700. The van der Waals surface area contributed by atoms with E-state index in [-0.39, 0.29) is 17.2 Å². The van der Waals surface area contributed by atoms with Crippen molar-refractivity contribution < 1.29 is 9.32 Å². The summed E-state index contributed by atoms with van der Waals surface area (Å²) in [6.07, 6.45) is 2.26. The first-order valence-electron chi connectivity index (χ1n) is 7.98. The van der Waals surface area contributed by atoms with E-state index >= 15 is 0 Å². The molecule has 3 rings (SSSR count). The molecule has 1 saturated heterocycles. The topological polar surface area (TPSA) is 67.2 Å². The Morgan fingerprint density at radius 1 is 1.35 bits per heavy atom. The lowest BCUT2D eigenvalue weighted by Crippen LogP contribution is -2.16. The maximum absolute atomic E-state index is 11.5. The fourth-order valence-corrected chi connectivity index (χ4v) is 3.03. The van der Waals surface area contributed by atoms with Gasteiger partial charge < -0.3 is 15.2 Å². The molecule has 0 bridgehead atoms. The van der Waals surface area contributed by atoms with Crippen molar-refractivity contribution in [2.45, 2.75) is 45.1 Å². The molecule has 122 valence electrons. The van der Waals surface area contributed by atoms with Crippen LogP contribution in [0, 0.1) is 0 Å². The number of para-hydroxylation sites is 1. The number of benzene rings is 1. The zero-order valence-electron chi connectivity index (χ0n) is 13.8. The van der Waals surface area contributed by atoms with E-state index in [1.807, 2.05) is 12.1 Å². The number of nitrogens with one attached hydrogen (secondary N) is 2. The van der Waals surface area contributed by atoms with Crippen LogP contribution in [-0.2, 0) is 16.8 Å². The number of anilines is 1. The molecule has 1 aliphatic rings. The minimum atomic E-state index is -0.0503. The molecule has 1 fully saturated rings. The lowest BCUT2D eigenvalue weighted by atomic mass is 9.89. The lowest BCUT2D eigenvalue weighted by Gasteiger charge is -2.18. The van der Waals surface area contributed by atoms with Crippen LogP contribution in [0.1, 0.15) is 49.9 Å². The number of rotatable bonds is 4. The monoisotopic (exact) mass is 313 g/mol. The number of hydrogen-bond acceptors (Lipinski definition) is 4. The Morgan fingerprint density at radius 3 is 2.83 bits per heavy atom. The van der Waals surface area contributed by atoms with Gasteiger partial charge in [0, 0.05) is 42.1 Å². The van der Waals surface area contributed by atoms with Crippen LogP contribution in [-0.4, -0.2) is 17.6 Å². The summed E-state index contributed by atoms with van der Waals surface area (Å²) in [6.45, 7) is 7.73. The molecule has 1 atom stereocenters. The second-order valence-electron chi connectivity index (χ2n) is 7.08. The van der Waals surface area contributed by atoms with Gasteiger partial charge in [-0.05, 0) is 11.6 Å². The normalized spacial score (nSPS) is 18.0. The van der Waals surface area contributed by atoms with Crippen molar-refractivity contribution in [1.29, 1.82) is 0 Å². The first-order chi connectivity index (χ1) is 10.9. The van der Waals surface area contributed by atoms with Crippen molar-refractivity contribution in [2.24, 2.45) is 0 Å². The minimum Gasteiger partial charge on any atom is -0.381 e. The van der Waals surface area contributed by atoms with Gasteiger partial charge in [0.05, 0.1) is 5.69 Å². The van der Waals surface area contributed by atoms with Crippen LogP contribution in [0.4, 0.5) is 5.69 Å². The summed E-state index contributed by atoms with van der Waals surface area (Å²) in [5.41, 5.74) is 4.23. The molecular formula is C18H23N3O2. The zero-order chi connectivity index (χ0) is 16.4. The van der Waals surface area contributed by atoms with E-state index in [0.29, 0.717) is 19.5 Å². The third-order valence-corrected chi connectivity index (χ3v) is 4.20.